The Morgan fingerprint density at radius 1 is 0.667 bits per heavy atom. The number of rotatable bonds is 10. The predicted molar refractivity (Wildman–Crippen MR) is 135 cm³/mol. The number of carbonyl (C=O) groups is 2. The molecule has 0 heterocycles. The van der Waals surface area contributed by atoms with Gasteiger partial charge in [-0.1, -0.05) is 49.9 Å². The Morgan fingerprint density at radius 2 is 0.972 bits per heavy atom. The minimum atomic E-state index is -0.254. The largest absolute Gasteiger partial charge is 1.00 e. The second-order valence-corrected chi connectivity index (χ2v) is 12.2. The Kier molecular flexibility index (Phi) is 13.4. The SMILES string of the molecule is C[N+](C)(CC(=O)c1ccc(C(=O)C[N+](C)(C)CC2CCCCC2O)cc1)CC1CCCCC1O.[Br-].[Br-]. The van der Waals surface area contributed by atoms with Crippen LogP contribution in [0.2, 0.25) is 0 Å². The number of benzene rings is 1. The highest BCUT2D eigenvalue weighted by atomic mass is 79.9. The summed E-state index contributed by atoms with van der Waals surface area (Å²) in [5.74, 6) is 0.647. The molecule has 4 atom stereocenters. The second kappa shape index (κ2) is 14.5. The van der Waals surface area contributed by atoms with Crippen molar-refractivity contribution in [2.24, 2.45) is 11.8 Å². The van der Waals surface area contributed by atoms with E-state index in [1.165, 1.54) is 0 Å². The third-order valence-electron chi connectivity index (χ3n) is 7.87. The van der Waals surface area contributed by atoms with Gasteiger partial charge in [-0.3, -0.25) is 9.59 Å². The van der Waals surface area contributed by atoms with Crippen molar-refractivity contribution >= 4 is 11.6 Å². The maximum atomic E-state index is 13.0. The van der Waals surface area contributed by atoms with Crippen LogP contribution in [0.25, 0.3) is 0 Å². The van der Waals surface area contributed by atoms with Gasteiger partial charge in [-0.25, -0.2) is 0 Å². The summed E-state index contributed by atoms with van der Waals surface area (Å²) in [4.78, 5) is 25.9. The van der Waals surface area contributed by atoms with Crippen molar-refractivity contribution in [3.8, 4) is 0 Å². The number of halogens is 2. The first-order valence-electron chi connectivity index (χ1n) is 13.1. The fourth-order valence-corrected chi connectivity index (χ4v) is 6.00. The first-order chi connectivity index (χ1) is 16.0. The number of aliphatic hydroxyl groups is 2. The van der Waals surface area contributed by atoms with E-state index in [2.05, 4.69) is 28.2 Å². The van der Waals surface area contributed by atoms with Gasteiger partial charge in [0.05, 0.1) is 53.5 Å². The molecule has 0 bridgehead atoms. The molecule has 6 nitrogen and oxygen atoms in total. The van der Waals surface area contributed by atoms with Gasteiger partial charge < -0.3 is 53.1 Å². The highest BCUT2D eigenvalue weighted by Gasteiger charge is 2.33. The smallest absolute Gasteiger partial charge is 0.216 e. The fraction of sp³-hybridized carbons (Fsp3) is 0.714. The highest BCUT2D eigenvalue weighted by Crippen LogP contribution is 2.27. The molecule has 4 unspecified atom stereocenters. The molecule has 0 radical (unpaired) electrons. The number of hydrogen-bond acceptors (Lipinski definition) is 4. The number of hydrogen-bond donors (Lipinski definition) is 2. The molecule has 2 aliphatic carbocycles. The number of aliphatic hydroxyl groups excluding tert-OH is 2. The lowest BCUT2D eigenvalue weighted by atomic mass is 9.85. The summed E-state index contributed by atoms with van der Waals surface area (Å²) < 4.78 is 1.11. The Bertz CT molecular complexity index is 775. The number of nitrogens with zero attached hydrogens (tertiary/aromatic N) is 2. The molecule has 0 spiro atoms. The first kappa shape index (κ1) is 33.4. The summed E-state index contributed by atoms with van der Waals surface area (Å²) in [7, 11) is 8.22. The molecule has 3 rings (SSSR count). The molecule has 206 valence electrons. The molecule has 0 amide bonds. The molecule has 2 saturated carbocycles. The third kappa shape index (κ3) is 9.91. The predicted octanol–water partition coefficient (Wildman–Crippen LogP) is -2.68. The van der Waals surface area contributed by atoms with Crippen LogP contribution in [0.4, 0.5) is 0 Å². The summed E-state index contributed by atoms with van der Waals surface area (Å²) >= 11 is 0. The van der Waals surface area contributed by atoms with Crippen LogP contribution in [0.1, 0.15) is 72.1 Å². The zero-order valence-electron chi connectivity index (χ0n) is 22.5. The van der Waals surface area contributed by atoms with E-state index in [-0.39, 0.29) is 69.6 Å². The van der Waals surface area contributed by atoms with Gasteiger partial charge in [0.15, 0.2) is 0 Å². The van der Waals surface area contributed by atoms with Crippen LogP contribution >= 0.6 is 0 Å². The second-order valence-electron chi connectivity index (χ2n) is 12.2. The van der Waals surface area contributed by atoms with Gasteiger partial charge in [-0.15, -0.1) is 0 Å². The van der Waals surface area contributed by atoms with Crippen LogP contribution in [0.5, 0.6) is 0 Å². The molecule has 2 N–H and O–H groups in total. The van der Waals surface area contributed by atoms with Crippen molar-refractivity contribution < 1.29 is 62.7 Å². The molecule has 0 aliphatic heterocycles. The summed E-state index contributed by atoms with van der Waals surface area (Å²) in [6.07, 6.45) is 7.78. The summed E-state index contributed by atoms with van der Waals surface area (Å²) in [6, 6.07) is 7.09. The minimum Gasteiger partial charge on any atom is -1.00 e. The molecular formula is C28H46Br2N2O4. The van der Waals surface area contributed by atoms with Gasteiger partial charge in [0.25, 0.3) is 0 Å². The molecule has 0 saturated heterocycles. The quantitative estimate of drug-likeness (QED) is 0.218. The Morgan fingerprint density at radius 3 is 1.28 bits per heavy atom. The monoisotopic (exact) mass is 632 g/mol. The molecule has 2 aliphatic rings. The van der Waals surface area contributed by atoms with E-state index < -0.39 is 0 Å². The number of likely N-dealkylation sites (N-methyl/N-ethyl adjacent to an activating group) is 2. The lowest BCUT2D eigenvalue weighted by Gasteiger charge is -2.36. The van der Waals surface area contributed by atoms with Gasteiger partial charge in [-0.2, -0.15) is 0 Å². The van der Waals surface area contributed by atoms with E-state index in [9.17, 15) is 19.8 Å². The van der Waals surface area contributed by atoms with Crippen LogP contribution in [0, 0.1) is 11.8 Å². The number of quaternary nitrogens is 2. The van der Waals surface area contributed by atoms with E-state index in [1.807, 2.05) is 0 Å². The fourth-order valence-electron chi connectivity index (χ4n) is 6.00. The number of carbonyl (C=O) groups excluding carboxylic acids is 2. The highest BCUT2D eigenvalue weighted by molar-refractivity contribution is 6.00. The van der Waals surface area contributed by atoms with E-state index >= 15 is 0 Å². The topological polar surface area (TPSA) is 74.6 Å². The van der Waals surface area contributed by atoms with E-state index in [0.717, 1.165) is 64.5 Å². The average molecular weight is 634 g/mol. The van der Waals surface area contributed by atoms with Gasteiger partial charge in [-0.05, 0) is 25.7 Å². The van der Waals surface area contributed by atoms with Gasteiger partial charge in [0, 0.05) is 23.0 Å². The molecular weight excluding hydrogens is 588 g/mol. The zero-order chi connectivity index (χ0) is 24.9. The van der Waals surface area contributed by atoms with Gasteiger partial charge in [0.1, 0.15) is 13.1 Å². The molecule has 1 aromatic rings. The molecule has 8 heteroatoms. The molecule has 2 fully saturated rings. The van der Waals surface area contributed by atoms with E-state index in [4.69, 9.17) is 0 Å². The zero-order valence-corrected chi connectivity index (χ0v) is 25.6. The van der Waals surface area contributed by atoms with Gasteiger partial charge in [0.2, 0.25) is 11.6 Å². The van der Waals surface area contributed by atoms with Crippen molar-refractivity contribution in [2.45, 2.75) is 63.6 Å². The lowest BCUT2D eigenvalue weighted by molar-refractivity contribution is -0.886. The Balaban J connectivity index is 0.00000324. The Labute approximate surface area is 238 Å². The molecule has 36 heavy (non-hydrogen) atoms. The normalized spacial score (nSPS) is 24.8. The molecule has 1 aromatic carbocycles. The standard InChI is InChI=1S/C28H46N2O4.2BrH/c1-29(2,17-23-9-5-7-11-25(23)31)19-27(33)21-13-15-22(16-14-21)28(34)20-30(3,4)18-24-10-6-8-12-26(24)32;;/h13-16,23-26,31-32H,5-12,17-20H2,1-4H3;2*1H/q+2;;/p-2. The average Bonchev–Trinajstić information content (AvgIpc) is 2.76. The Hall–Kier alpha value is -0.640. The van der Waals surface area contributed by atoms with Crippen LogP contribution in [-0.2, 0) is 0 Å². The van der Waals surface area contributed by atoms with Crippen molar-refractivity contribution in [3.63, 3.8) is 0 Å². The van der Waals surface area contributed by atoms with Crippen molar-refractivity contribution in [3.05, 3.63) is 35.4 Å². The molecule has 0 aromatic heterocycles. The van der Waals surface area contributed by atoms with Crippen molar-refractivity contribution in [1.82, 2.24) is 0 Å². The van der Waals surface area contributed by atoms with Crippen LogP contribution in [0.3, 0.4) is 0 Å². The summed E-state index contributed by atoms with van der Waals surface area (Å²) in [5.41, 5.74) is 1.26. The summed E-state index contributed by atoms with van der Waals surface area (Å²) in [6.45, 7) is 2.35. The van der Waals surface area contributed by atoms with Crippen LogP contribution in [-0.4, -0.2) is 97.3 Å². The van der Waals surface area contributed by atoms with E-state index in [0.29, 0.717) is 33.2 Å². The minimum absolute atomic E-state index is 0. The first-order valence-corrected chi connectivity index (χ1v) is 13.1. The summed E-state index contributed by atoms with van der Waals surface area (Å²) in [5, 5.41) is 20.6. The van der Waals surface area contributed by atoms with E-state index in [1.54, 1.807) is 24.3 Å². The van der Waals surface area contributed by atoms with Gasteiger partial charge >= 0.3 is 0 Å². The van der Waals surface area contributed by atoms with Crippen LogP contribution in [0.15, 0.2) is 24.3 Å². The lowest BCUT2D eigenvalue weighted by Crippen LogP contribution is -3.00. The number of ketones is 2. The van der Waals surface area contributed by atoms with Crippen molar-refractivity contribution in [1.29, 1.82) is 0 Å². The van der Waals surface area contributed by atoms with Crippen molar-refractivity contribution in [2.75, 3.05) is 54.4 Å². The maximum absolute atomic E-state index is 13.0. The third-order valence-corrected chi connectivity index (χ3v) is 7.87. The number of Topliss-reactive ketones (excluding diaryl/α,β-unsaturated/α-hetero) is 2. The maximum Gasteiger partial charge on any atom is 0.216 e. The van der Waals surface area contributed by atoms with Crippen LogP contribution < -0.4 is 34.0 Å².